The van der Waals surface area contributed by atoms with Gasteiger partial charge in [-0.15, -0.1) is 22.0 Å². The smallest absolute Gasteiger partial charge is 0.174 e. The van der Waals surface area contributed by atoms with Gasteiger partial charge in [-0.05, 0) is 31.1 Å². The quantitative estimate of drug-likeness (QED) is 0.545. The Morgan fingerprint density at radius 3 is 2.92 bits per heavy atom. The molecule has 25 heavy (non-hydrogen) atoms. The highest BCUT2D eigenvalue weighted by molar-refractivity contribution is 8.00. The molecule has 1 aromatic heterocycles. The lowest BCUT2D eigenvalue weighted by Crippen LogP contribution is -2.05. The Labute approximate surface area is 157 Å². The van der Waals surface area contributed by atoms with Crippen LogP contribution in [0, 0.1) is 11.3 Å². The maximum Gasteiger partial charge on any atom is 0.174 e. The molecule has 0 fully saturated rings. The number of thioether (sulfide) groups is 1. The second-order valence-electron chi connectivity index (χ2n) is 6.39. The van der Waals surface area contributed by atoms with E-state index in [2.05, 4.69) is 34.7 Å². The minimum Gasteiger partial charge on any atom is -0.310 e. The first-order valence-corrected chi connectivity index (χ1v) is 9.85. The van der Waals surface area contributed by atoms with E-state index in [9.17, 15) is 5.26 Å². The predicted molar refractivity (Wildman–Crippen MR) is 104 cm³/mol. The summed E-state index contributed by atoms with van der Waals surface area (Å²) in [5, 5.41) is 19.4. The van der Waals surface area contributed by atoms with Crippen molar-refractivity contribution in [1.82, 2.24) is 14.8 Å². The number of rotatable bonds is 4. The first-order valence-electron chi connectivity index (χ1n) is 8.59. The average molecular weight is 373 g/mol. The third kappa shape index (κ3) is 4.08. The average Bonchev–Trinajstić information content (AvgIpc) is 2.82. The molecule has 4 nitrogen and oxygen atoms in total. The summed E-state index contributed by atoms with van der Waals surface area (Å²) in [4.78, 5) is 1.07. The number of halogens is 1. The van der Waals surface area contributed by atoms with Crippen molar-refractivity contribution in [1.29, 1.82) is 5.26 Å². The van der Waals surface area contributed by atoms with Gasteiger partial charge in [0, 0.05) is 33.7 Å². The summed E-state index contributed by atoms with van der Waals surface area (Å²) in [6.07, 6.45) is 6.19. The van der Waals surface area contributed by atoms with Crippen LogP contribution < -0.4 is 0 Å². The van der Waals surface area contributed by atoms with E-state index in [4.69, 9.17) is 11.6 Å². The van der Waals surface area contributed by atoms with E-state index in [0.717, 1.165) is 42.1 Å². The number of hydrogen-bond donors (Lipinski definition) is 0. The number of allylic oxidation sites excluding steroid dienone is 1. The summed E-state index contributed by atoms with van der Waals surface area (Å²) in [6, 6.07) is 8.15. The first kappa shape index (κ1) is 18.0. The van der Waals surface area contributed by atoms with Crippen LogP contribution in [0.15, 0.2) is 23.1 Å². The van der Waals surface area contributed by atoms with Crippen molar-refractivity contribution >= 4 is 35.0 Å². The molecule has 1 aromatic carbocycles. The highest BCUT2D eigenvalue weighted by Crippen LogP contribution is 2.34. The fraction of sp³-hybridized carbons (Fsp3) is 0.421. The molecule has 0 saturated carbocycles. The van der Waals surface area contributed by atoms with E-state index in [1.165, 1.54) is 6.42 Å². The molecule has 0 amide bonds. The highest BCUT2D eigenvalue weighted by atomic mass is 35.5. The maximum atomic E-state index is 9.75. The molecule has 3 rings (SSSR count). The van der Waals surface area contributed by atoms with Gasteiger partial charge in [-0.2, -0.15) is 5.26 Å². The van der Waals surface area contributed by atoms with E-state index < -0.39 is 0 Å². The van der Waals surface area contributed by atoms with Gasteiger partial charge in [-0.25, -0.2) is 0 Å². The number of benzene rings is 1. The molecular formula is C19H21ClN4S. The number of nitriles is 1. The van der Waals surface area contributed by atoms with Gasteiger partial charge in [-0.3, -0.25) is 0 Å². The Morgan fingerprint density at radius 2 is 2.16 bits per heavy atom. The van der Waals surface area contributed by atoms with Gasteiger partial charge in [0.05, 0.1) is 5.57 Å². The standard InChI is InChI=1S/C19H21ClN4S/c1-13(2)25-17-8-6-7-16(20)15(17)11-14(12-21)19-23-22-18-9-4-3-5-10-24(18)19/h6-8,11,13H,3-5,9-10H2,1-2H3/b14-11-. The largest absolute Gasteiger partial charge is 0.310 e. The Bertz CT molecular complexity index is 832. The normalized spacial score (nSPS) is 14.9. The molecular weight excluding hydrogens is 352 g/mol. The molecule has 2 aromatic rings. The van der Waals surface area contributed by atoms with Gasteiger partial charge in [0.25, 0.3) is 0 Å². The van der Waals surface area contributed by atoms with Crippen LogP contribution in [0.2, 0.25) is 5.02 Å². The fourth-order valence-corrected chi connectivity index (χ4v) is 4.24. The lowest BCUT2D eigenvalue weighted by atomic mass is 10.1. The summed E-state index contributed by atoms with van der Waals surface area (Å²) in [7, 11) is 0. The van der Waals surface area contributed by atoms with E-state index in [-0.39, 0.29) is 0 Å². The monoisotopic (exact) mass is 372 g/mol. The molecule has 0 bridgehead atoms. The molecule has 1 aliphatic heterocycles. The van der Waals surface area contributed by atoms with Crippen LogP contribution in [0.4, 0.5) is 0 Å². The third-order valence-corrected chi connectivity index (χ3v) is 5.55. The molecule has 6 heteroatoms. The van der Waals surface area contributed by atoms with Crippen molar-refractivity contribution in [3.63, 3.8) is 0 Å². The molecule has 0 saturated heterocycles. The second-order valence-corrected chi connectivity index (χ2v) is 8.42. The van der Waals surface area contributed by atoms with Crippen LogP contribution in [0.5, 0.6) is 0 Å². The zero-order valence-electron chi connectivity index (χ0n) is 14.5. The molecule has 0 aliphatic carbocycles. The van der Waals surface area contributed by atoms with E-state index in [1.54, 1.807) is 11.8 Å². The van der Waals surface area contributed by atoms with Crippen molar-refractivity contribution in [2.75, 3.05) is 0 Å². The van der Waals surface area contributed by atoms with Crippen LogP contribution >= 0.6 is 23.4 Å². The minimum absolute atomic E-state index is 0.431. The van der Waals surface area contributed by atoms with Crippen LogP contribution in [0.1, 0.15) is 50.3 Å². The van der Waals surface area contributed by atoms with Gasteiger partial charge >= 0.3 is 0 Å². The molecule has 0 atom stereocenters. The number of fused-ring (bicyclic) bond motifs is 1. The molecule has 0 spiro atoms. The Morgan fingerprint density at radius 1 is 1.32 bits per heavy atom. The van der Waals surface area contributed by atoms with Crippen molar-refractivity contribution in [2.45, 2.75) is 56.2 Å². The topological polar surface area (TPSA) is 54.5 Å². The number of hydrogen-bond acceptors (Lipinski definition) is 4. The summed E-state index contributed by atoms with van der Waals surface area (Å²) in [5.41, 5.74) is 1.39. The lowest BCUT2D eigenvalue weighted by molar-refractivity contribution is 0.627. The van der Waals surface area contributed by atoms with Gasteiger partial charge in [0.2, 0.25) is 0 Å². The molecule has 0 N–H and O–H groups in total. The van der Waals surface area contributed by atoms with Gasteiger partial charge in [-0.1, -0.05) is 37.9 Å². The van der Waals surface area contributed by atoms with Gasteiger partial charge < -0.3 is 4.57 Å². The summed E-state index contributed by atoms with van der Waals surface area (Å²) in [5.74, 6) is 1.63. The number of aromatic nitrogens is 3. The molecule has 130 valence electrons. The second kappa shape index (κ2) is 8.07. The van der Waals surface area contributed by atoms with Gasteiger partial charge in [0.1, 0.15) is 11.9 Å². The summed E-state index contributed by atoms with van der Waals surface area (Å²) in [6.45, 7) is 5.15. The van der Waals surface area contributed by atoms with Crippen molar-refractivity contribution in [3.05, 3.63) is 40.4 Å². The summed E-state index contributed by atoms with van der Waals surface area (Å²) >= 11 is 8.17. The van der Waals surface area contributed by atoms with E-state index in [1.807, 2.05) is 24.3 Å². The molecule has 0 radical (unpaired) electrons. The SMILES string of the molecule is CC(C)Sc1cccc(Cl)c1/C=C(/C#N)c1nnc2n1CCCCC2. The first-order chi connectivity index (χ1) is 12.1. The molecule has 0 unspecified atom stereocenters. The highest BCUT2D eigenvalue weighted by Gasteiger charge is 2.18. The van der Waals surface area contributed by atoms with Crippen molar-refractivity contribution in [3.8, 4) is 6.07 Å². The predicted octanol–water partition coefficient (Wildman–Crippen LogP) is 5.22. The maximum absolute atomic E-state index is 9.75. The van der Waals surface area contributed by atoms with E-state index in [0.29, 0.717) is 21.7 Å². The van der Waals surface area contributed by atoms with Crippen molar-refractivity contribution < 1.29 is 0 Å². The van der Waals surface area contributed by atoms with E-state index >= 15 is 0 Å². The summed E-state index contributed by atoms with van der Waals surface area (Å²) < 4.78 is 2.09. The Hall–Kier alpha value is -1.77. The van der Waals surface area contributed by atoms with Gasteiger partial charge in [0.15, 0.2) is 5.82 Å². The number of nitrogens with zero attached hydrogens (tertiary/aromatic N) is 4. The number of aryl methyl sites for hydroxylation is 1. The molecule has 2 heterocycles. The van der Waals surface area contributed by atoms with Crippen LogP contribution in [-0.2, 0) is 13.0 Å². The van der Waals surface area contributed by atoms with Crippen LogP contribution in [0.3, 0.4) is 0 Å². The fourth-order valence-electron chi connectivity index (χ4n) is 2.99. The van der Waals surface area contributed by atoms with Crippen LogP contribution in [-0.4, -0.2) is 20.0 Å². The minimum atomic E-state index is 0.431. The van der Waals surface area contributed by atoms with Crippen LogP contribution in [0.25, 0.3) is 11.6 Å². The van der Waals surface area contributed by atoms with Crippen molar-refractivity contribution in [2.24, 2.45) is 0 Å². The Kier molecular flexibility index (Phi) is 5.82. The Balaban J connectivity index is 2.06. The zero-order valence-corrected chi connectivity index (χ0v) is 16.1. The third-order valence-electron chi connectivity index (χ3n) is 4.14. The lowest BCUT2D eigenvalue weighted by Gasteiger charge is -2.11. The zero-order chi connectivity index (χ0) is 17.8. The molecule has 1 aliphatic rings.